The van der Waals surface area contributed by atoms with Gasteiger partial charge in [-0.15, -0.1) is 11.8 Å². The minimum absolute atomic E-state index is 0.0824. The van der Waals surface area contributed by atoms with Crippen LogP contribution in [0, 0.1) is 5.92 Å². The Morgan fingerprint density at radius 2 is 2.29 bits per heavy atom. The number of hydrogen-bond acceptors (Lipinski definition) is 5. The molecule has 128 valence electrons. The van der Waals surface area contributed by atoms with E-state index in [1.165, 1.54) is 34.1 Å². The Bertz CT molecular complexity index is 749. The van der Waals surface area contributed by atoms with Crippen LogP contribution < -0.4 is 4.57 Å². The molecular weight excluding hydrogens is 350 g/mol. The number of hydrogen-bond donors (Lipinski definition) is 2. The molecule has 0 saturated carbocycles. The number of carboxylic acids is 1. The molecular formula is C15H18N3O4S2+. The van der Waals surface area contributed by atoms with Gasteiger partial charge in [0.25, 0.3) is 0 Å². The molecule has 1 aromatic rings. The highest BCUT2D eigenvalue weighted by Crippen LogP contribution is 2.55. The molecule has 0 spiro atoms. The van der Waals surface area contributed by atoms with Crippen LogP contribution in [0.1, 0.15) is 12.6 Å². The lowest BCUT2D eigenvalue weighted by Gasteiger charge is -2.43. The Morgan fingerprint density at radius 1 is 1.54 bits per heavy atom. The maximum Gasteiger partial charge on any atom is 0.354 e. The van der Waals surface area contributed by atoms with E-state index in [0.29, 0.717) is 4.24 Å². The highest BCUT2D eigenvalue weighted by atomic mass is 32.2. The summed E-state index contributed by atoms with van der Waals surface area (Å²) in [5, 5.41) is 19.3. The largest absolute Gasteiger partial charge is 0.477 e. The molecule has 24 heavy (non-hydrogen) atoms. The zero-order valence-electron chi connectivity index (χ0n) is 13.2. The lowest BCUT2D eigenvalue weighted by Crippen LogP contribution is -2.60. The molecule has 4 atom stereocenters. The number of aliphatic carboxylic acids is 1. The van der Waals surface area contributed by atoms with Crippen molar-refractivity contribution in [2.45, 2.75) is 36.6 Å². The van der Waals surface area contributed by atoms with E-state index >= 15 is 0 Å². The molecule has 3 aliphatic heterocycles. The van der Waals surface area contributed by atoms with Gasteiger partial charge in [-0.3, -0.25) is 9.69 Å². The minimum atomic E-state index is -1.08. The van der Waals surface area contributed by atoms with Gasteiger partial charge in [0.15, 0.2) is 5.70 Å². The molecule has 0 unspecified atom stereocenters. The fourth-order valence-electron chi connectivity index (χ4n) is 3.55. The number of imidazole rings is 1. The number of fused-ring (bicyclic) bond motifs is 2. The highest BCUT2D eigenvalue weighted by molar-refractivity contribution is 8.23. The molecule has 1 saturated heterocycles. The SMILES string of the molecule is C[C@@H](O)[C@H]1C(=O)N2C(C(=O)O)=C(S[C@@H]3Cc4c[n+](C)cn4C3)S[C@H]12. The predicted octanol–water partition coefficient (Wildman–Crippen LogP) is 0.136. The van der Waals surface area contributed by atoms with Gasteiger partial charge in [-0.25, -0.2) is 13.9 Å². The summed E-state index contributed by atoms with van der Waals surface area (Å²) in [7, 11) is 1.98. The van der Waals surface area contributed by atoms with Crippen molar-refractivity contribution < 1.29 is 24.4 Å². The Labute approximate surface area is 147 Å². The van der Waals surface area contributed by atoms with Crippen LogP contribution >= 0.6 is 23.5 Å². The Hall–Kier alpha value is -1.45. The number of carbonyl (C=O) groups excluding carboxylic acids is 1. The lowest BCUT2D eigenvalue weighted by molar-refractivity contribution is -0.671. The van der Waals surface area contributed by atoms with E-state index in [0.717, 1.165) is 13.0 Å². The first kappa shape index (κ1) is 16.0. The molecule has 2 N–H and O–H groups in total. The van der Waals surface area contributed by atoms with Gasteiger partial charge in [-0.2, -0.15) is 0 Å². The molecule has 4 rings (SSSR count). The van der Waals surface area contributed by atoms with Crippen LogP contribution in [-0.2, 0) is 29.6 Å². The number of nitrogens with zero attached hydrogens (tertiary/aromatic N) is 3. The summed E-state index contributed by atoms with van der Waals surface area (Å²) >= 11 is 2.94. The molecule has 9 heteroatoms. The number of aryl methyl sites for hydroxylation is 1. The summed E-state index contributed by atoms with van der Waals surface area (Å²) in [5.41, 5.74) is 1.32. The van der Waals surface area contributed by atoms with Crippen LogP contribution in [0.25, 0.3) is 0 Å². The number of rotatable bonds is 4. The smallest absolute Gasteiger partial charge is 0.354 e. The van der Waals surface area contributed by atoms with Crippen molar-refractivity contribution in [3.05, 3.63) is 28.2 Å². The molecule has 3 aliphatic rings. The Balaban J connectivity index is 1.54. The molecule has 7 nitrogen and oxygen atoms in total. The summed E-state index contributed by atoms with van der Waals surface area (Å²) < 4.78 is 4.88. The molecule has 1 amide bonds. The number of aliphatic hydroxyl groups excluding tert-OH is 1. The van der Waals surface area contributed by atoms with Crippen molar-refractivity contribution in [3.63, 3.8) is 0 Å². The van der Waals surface area contributed by atoms with Crippen molar-refractivity contribution in [3.8, 4) is 0 Å². The second-order valence-electron chi connectivity index (χ2n) is 6.42. The zero-order chi connectivity index (χ0) is 17.2. The van der Waals surface area contributed by atoms with Crippen molar-refractivity contribution in [2.75, 3.05) is 0 Å². The maximum atomic E-state index is 12.2. The van der Waals surface area contributed by atoms with Crippen LogP contribution in [0.15, 0.2) is 22.5 Å². The minimum Gasteiger partial charge on any atom is -0.477 e. The molecule has 1 fully saturated rings. The molecule has 0 aromatic carbocycles. The second-order valence-corrected chi connectivity index (χ2v) is 9.12. The average Bonchev–Trinajstić information content (AvgIpc) is 3.08. The fraction of sp³-hybridized carbons (Fsp3) is 0.533. The first-order valence-corrected chi connectivity index (χ1v) is 9.49. The Morgan fingerprint density at radius 3 is 2.92 bits per heavy atom. The third-order valence-corrected chi connectivity index (χ3v) is 7.41. The van der Waals surface area contributed by atoms with E-state index in [1.54, 1.807) is 6.92 Å². The summed E-state index contributed by atoms with van der Waals surface area (Å²) in [6.45, 7) is 2.41. The van der Waals surface area contributed by atoms with Crippen LogP contribution in [0.4, 0.5) is 0 Å². The van der Waals surface area contributed by atoms with Crippen molar-refractivity contribution >= 4 is 35.4 Å². The number of carbonyl (C=O) groups is 2. The van der Waals surface area contributed by atoms with Crippen molar-refractivity contribution in [1.29, 1.82) is 0 Å². The summed E-state index contributed by atoms with van der Waals surface area (Å²) in [6, 6.07) is 0. The second kappa shape index (κ2) is 5.53. The number of carboxylic acid groups (broad SMARTS) is 1. The van der Waals surface area contributed by atoms with Crippen LogP contribution in [0.5, 0.6) is 0 Å². The molecule has 1 aromatic heterocycles. The van der Waals surface area contributed by atoms with Gasteiger partial charge in [-0.1, -0.05) is 11.8 Å². The predicted molar refractivity (Wildman–Crippen MR) is 88.7 cm³/mol. The highest BCUT2D eigenvalue weighted by Gasteiger charge is 2.58. The lowest BCUT2D eigenvalue weighted by atomic mass is 9.92. The van der Waals surface area contributed by atoms with E-state index in [-0.39, 0.29) is 22.2 Å². The monoisotopic (exact) mass is 368 g/mol. The number of amides is 1. The van der Waals surface area contributed by atoms with E-state index in [2.05, 4.69) is 10.8 Å². The first-order chi connectivity index (χ1) is 11.4. The summed E-state index contributed by atoms with van der Waals surface area (Å²) in [5.74, 6) is -1.88. The molecule has 4 heterocycles. The van der Waals surface area contributed by atoms with Crippen molar-refractivity contribution in [1.82, 2.24) is 9.47 Å². The number of aromatic nitrogens is 2. The van der Waals surface area contributed by atoms with Crippen LogP contribution in [-0.4, -0.2) is 48.3 Å². The molecule has 0 aliphatic carbocycles. The van der Waals surface area contributed by atoms with Gasteiger partial charge in [-0.05, 0) is 6.92 Å². The van der Waals surface area contributed by atoms with Gasteiger partial charge in [0.2, 0.25) is 12.2 Å². The fourth-order valence-corrected chi connectivity index (χ4v) is 6.89. The first-order valence-electron chi connectivity index (χ1n) is 7.73. The molecule has 0 radical (unpaired) electrons. The number of aliphatic hydroxyl groups is 1. The quantitative estimate of drug-likeness (QED) is 0.581. The maximum absolute atomic E-state index is 12.2. The number of thioether (sulfide) groups is 2. The zero-order valence-corrected chi connectivity index (χ0v) is 14.9. The third-order valence-electron chi connectivity index (χ3n) is 4.62. The van der Waals surface area contributed by atoms with Crippen LogP contribution in [0.3, 0.4) is 0 Å². The number of β-lactam (4-membered cyclic amide) rings is 1. The van der Waals surface area contributed by atoms with Crippen molar-refractivity contribution in [2.24, 2.45) is 13.0 Å². The summed E-state index contributed by atoms with van der Waals surface area (Å²) in [4.78, 5) is 25.2. The van der Waals surface area contributed by atoms with E-state index < -0.39 is 18.0 Å². The standard InChI is InChI=1S/C15H17N3O4S2/c1-7(19)10-12(20)18-11(14(21)22)15(24-13(10)18)23-9-3-8-4-16(2)6-17(8)5-9/h4,6-7,9-10,13,19H,3,5H2,1-2H3/p+1/t7-,9-,10+,13-/m1/s1. The third kappa shape index (κ3) is 2.29. The van der Waals surface area contributed by atoms with E-state index in [4.69, 9.17) is 0 Å². The van der Waals surface area contributed by atoms with Gasteiger partial charge >= 0.3 is 5.97 Å². The normalized spacial score (nSPS) is 29.5. The van der Waals surface area contributed by atoms with E-state index in [1.807, 2.05) is 17.9 Å². The van der Waals surface area contributed by atoms with E-state index in [9.17, 15) is 19.8 Å². The summed E-state index contributed by atoms with van der Waals surface area (Å²) in [6.07, 6.45) is 4.22. The van der Waals surface area contributed by atoms with Gasteiger partial charge < -0.3 is 10.2 Å². The van der Waals surface area contributed by atoms with Gasteiger partial charge in [0, 0.05) is 6.42 Å². The average molecular weight is 368 g/mol. The van der Waals surface area contributed by atoms with Gasteiger partial charge in [0.05, 0.1) is 28.6 Å². The van der Waals surface area contributed by atoms with Gasteiger partial charge in [0.1, 0.15) is 23.8 Å². The Kier molecular flexibility index (Phi) is 3.70. The molecule has 0 bridgehead atoms. The van der Waals surface area contributed by atoms with Crippen LogP contribution in [0.2, 0.25) is 0 Å². The topological polar surface area (TPSA) is 86.7 Å².